The normalized spacial score (nSPS) is 10.5. The van der Waals surface area contributed by atoms with E-state index in [0.29, 0.717) is 17.8 Å². The van der Waals surface area contributed by atoms with Crippen LogP contribution in [0, 0.1) is 0 Å². The Balaban J connectivity index is 1.83. The molecule has 7 nitrogen and oxygen atoms in total. The molecule has 0 aliphatic rings. The summed E-state index contributed by atoms with van der Waals surface area (Å²) in [6.45, 7) is 0.615. The molecule has 0 aliphatic carbocycles. The topological polar surface area (TPSA) is 84.1 Å². The lowest BCUT2D eigenvalue weighted by molar-refractivity contribution is 0.0708. The van der Waals surface area contributed by atoms with Crippen LogP contribution in [-0.4, -0.2) is 49.3 Å². The summed E-state index contributed by atoms with van der Waals surface area (Å²) in [7, 11) is 0. The van der Waals surface area contributed by atoms with Crippen LogP contribution in [0.15, 0.2) is 60.9 Å². The molecular weight excluding hydrogens is 306 g/mol. The molecule has 0 bridgehead atoms. The van der Waals surface area contributed by atoms with E-state index in [2.05, 4.69) is 15.5 Å². The zero-order valence-corrected chi connectivity index (χ0v) is 13.0. The van der Waals surface area contributed by atoms with Crippen molar-refractivity contribution >= 4 is 5.91 Å². The van der Waals surface area contributed by atoms with Crippen molar-refractivity contribution in [1.29, 1.82) is 0 Å². The van der Waals surface area contributed by atoms with Crippen LogP contribution in [0.2, 0.25) is 0 Å². The molecule has 0 atom stereocenters. The number of amides is 1. The number of rotatable bonds is 6. The van der Waals surface area contributed by atoms with Crippen LogP contribution >= 0.6 is 0 Å². The Hall–Kier alpha value is -3.06. The third-order valence-electron chi connectivity index (χ3n) is 3.58. The molecule has 2 aromatic carbocycles. The summed E-state index contributed by atoms with van der Waals surface area (Å²) in [6, 6.07) is 16.8. The average Bonchev–Trinajstić information content (AvgIpc) is 3.16. The summed E-state index contributed by atoms with van der Waals surface area (Å²) in [5.41, 5.74) is 2.23. The predicted octanol–water partition coefficient (Wildman–Crippen LogP) is 1.30. The van der Waals surface area contributed by atoms with Crippen molar-refractivity contribution in [3.05, 3.63) is 72.1 Å². The van der Waals surface area contributed by atoms with Gasteiger partial charge in [0.2, 0.25) is 0 Å². The van der Waals surface area contributed by atoms with Crippen molar-refractivity contribution < 1.29 is 9.90 Å². The van der Waals surface area contributed by atoms with E-state index in [1.165, 1.54) is 11.0 Å². The van der Waals surface area contributed by atoms with Crippen LogP contribution in [0.1, 0.15) is 15.9 Å². The molecular formula is C17H17N5O2. The van der Waals surface area contributed by atoms with E-state index in [1.54, 1.807) is 23.1 Å². The maximum atomic E-state index is 12.8. The first-order valence-electron chi connectivity index (χ1n) is 7.55. The standard InChI is InChI=1S/C17H17N5O2/c23-10-9-21(12-14-5-2-1-3-6-14)17(24)15-7-4-8-16(11-15)22-13-18-19-20-22/h1-8,11,13,23H,9-10,12H2. The third kappa shape index (κ3) is 3.64. The number of nitrogens with zero attached hydrogens (tertiary/aromatic N) is 5. The Labute approximate surface area is 139 Å². The van der Waals surface area contributed by atoms with Gasteiger partial charge in [-0.2, -0.15) is 0 Å². The van der Waals surface area contributed by atoms with Gasteiger partial charge in [-0.25, -0.2) is 4.68 Å². The maximum absolute atomic E-state index is 12.8. The first kappa shape index (κ1) is 15.8. The fourth-order valence-corrected chi connectivity index (χ4v) is 2.42. The fourth-order valence-electron chi connectivity index (χ4n) is 2.42. The van der Waals surface area contributed by atoms with Gasteiger partial charge in [0.15, 0.2) is 0 Å². The number of carbonyl (C=O) groups is 1. The number of carbonyl (C=O) groups excluding carboxylic acids is 1. The quantitative estimate of drug-likeness (QED) is 0.739. The number of benzene rings is 2. The van der Waals surface area contributed by atoms with Crippen LogP contribution in [0.4, 0.5) is 0 Å². The van der Waals surface area contributed by atoms with Crippen molar-refractivity contribution in [1.82, 2.24) is 25.1 Å². The second-order valence-electron chi connectivity index (χ2n) is 5.24. The van der Waals surface area contributed by atoms with Gasteiger partial charge in [0.1, 0.15) is 6.33 Å². The van der Waals surface area contributed by atoms with Crippen molar-refractivity contribution in [2.24, 2.45) is 0 Å². The molecule has 3 aromatic rings. The molecule has 0 radical (unpaired) electrons. The number of aliphatic hydroxyl groups is 1. The molecule has 0 aliphatic heterocycles. The summed E-state index contributed by atoms with van der Waals surface area (Å²) in [4.78, 5) is 14.4. The molecule has 0 unspecified atom stereocenters. The number of aromatic nitrogens is 4. The van der Waals surface area contributed by atoms with Crippen molar-refractivity contribution in [3.63, 3.8) is 0 Å². The summed E-state index contributed by atoms with van der Waals surface area (Å²) in [5.74, 6) is -0.150. The molecule has 0 fully saturated rings. The van der Waals surface area contributed by atoms with Gasteiger partial charge in [0.05, 0.1) is 12.3 Å². The van der Waals surface area contributed by atoms with Gasteiger partial charge in [-0.05, 0) is 34.2 Å². The second-order valence-corrected chi connectivity index (χ2v) is 5.24. The fraction of sp³-hybridized carbons (Fsp3) is 0.176. The van der Waals surface area contributed by atoms with E-state index in [1.807, 2.05) is 36.4 Å². The summed E-state index contributed by atoms with van der Waals surface area (Å²) < 4.78 is 1.49. The Bertz CT molecular complexity index is 790. The van der Waals surface area contributed by atoms with Gasteiger partial charge < -0.3 is 10.0 Å². The lowest BCUT2D eigenvalue weighted by Gasteiger charge is -2.22. The van der Waals surface area contributed by atoms with E-state index in [-0.39, 0.29) is 19.1 Å². The zero-order chi connectivity index (χ0) is 16.8. The van der Waals surface area contributed by atoms with Crippen LogP contribution in [0.25, 0.3) is 5.69 Å². The maximum Gasteiger partial charge on any atom is 0.254 e. The van der Waals surface area contributed by atoms with Crippen molar-refractivity contribution in [3.8, 4) is 5.69 Å². The molecule has 7 heteroatoms. The monoisotopic (exact) mass is 323 g/mol. The van der Waals surface area contributed by atoms with E-state index >= 15 is 0 Å². The predicted molar refractivity (Wildman–Crippen MR) is 87.4 cm³/mol. The second kappa shape index (κ2) is 7.47. The van der Waals surface area contributed by atoms with Gasteiger partial charge in [0, 0.05) is 18.7 Å². The Morgan fingerprint density at radius 3 is 2.67 bits per heavy atom. The highest BCUT2D eigenvalue weighted by molar-refractivity contribution is 5.94. The molecule has 3 rings (SSSR count). The molecule has 1 heterocycles. The molecule has 0 saturated heterocycles. The minimum atomic E-state index is -0.150. The number of tetrazole rings is 1. The molecule has 0 saturated carbocycles. The molecule has 1 N–H and O–H groups in total. The van der Waals surface area contributed by atoms with Crippen LogP contribution in [-0.2, 0) is 6.54 Å². The van der Waals surface area contributed by atoms with Crippen molar-refractivity contribution in [2.45, 2.75) is 6.54 Å². The summed E-state index contributed by atoms with van der Waals surface area (Å²) in [5, 5.41) is 20.3. The van der Waals surface area contributed by atoms with Crippen LogP contribution < -0.4 is 0 Å². The van der Waals surface area contributed by atoms with Crippen LogP contribution in [0.5, 0.6) is 0 Å². The van der Waals surface area contributed by atoms with E-state index < -0.39 is 0 Å². The summed E-state index contributed by atoms with van der Waals surface area (Å²) >= 11 is 0. The van der Waals surface area contributed by atoms with Crippen molar-refractivity contribution in [2.75, 3.05) is 13.2 Å². The number of hydrogen-bond acceptors (Lipinski definition) is 5. The average molecular weight is 323 g/mol. The molecule has 122 valence electrons. The highest BCUT2D eigenvalue weighted by Crippen LogP contribution is 2.13. The molecule has 1 aromatic heterocycles. The Morgan fingerprint density at radius 1 is 1.12 bits per heavy atom. The molecule has 1 amide bonds. The minimum Gasteiger partial charge on any atom is -0.395 e. The summed E-state index contributed by atoms with van der Waals surface area (Å²) in [6.07, 6.45) is 1.47. The molecule has 0 spiro atoms. The van der Waals surface area contributed by atoms with Gasteiger partial charge in [0.25, 0.3) is 5.91 Å². The van der Waals surface area contributed by atoms with Gasteiger partial charge >= 0.3 is 0 Å². The SMILES string of the molecule is O=C(c1cccc(-n2cnnn2)c1)N(CCO)Cc1ccccc1. The lowest BCUT2D eigenvalue weighted by Crippen LogP contribution is -2.33. The van der Waals surface area contributed by atoms with E-state index in [4.69, 9.17) is 0 Å². The van der Waals surface area contributed by atoms with E-state index in [9.17, 15) is 9.90 Å². The highest BCUT2D eigenvalue weighted by atomic mass is 16.3. The smallest absolute Gasteiger partial charge is 0.254 e. The zero-order valence-electron chi connectivity index (χ0n) is 13.0. The Kier molecular flexibility index (Phi) is 4.93. The first-order chi connectivity index (χ1) is 11.8. The Morgan fingerprint density at radius 2 is 1.96 bits per heavy atom. The molecule has 24 heavy (non-hydrogen) atoms. The first-order valence-corrected chi connectivity index (χ1v) is 7.55. The van der Waals surface area contributed by atoms with Gasteiger partial charge in [-0.3, -0.25) is 4.79 Å². The van der Waals surface area contributed by atoms with E-state index in [0.717, 1.165) is 5.56 Å². The van der Waals surface area contributed by atoms with Crippen LogP contribution in [0.3, 0.4) is 0 Å². The highest BCUT2D eigenvalue weighted by Gasteiger charge is 2.16. The number of aliphatic hydroxyl groups excluding tert-OH is 1. The van der Waals surface area contributed by atoms with Gasteiger partial charge in [-0.1, -0.05) is 36.4 Å². The van der Waals surface area contributed by atoms with Gasteiger partial charge in [-0.15, -0.1) is 5.10 Å². The number of hydrogen-bond donors (Lipinski definition) is 1. The minimum absolute atomic E-state index is 0.0920. The lowest BCUT2D eigenvalue weighted by atomic mass is 10.1. The largest absolute Gasteiger partial charge is 0.395 e. The third-order valence-corrected chi connectivity index (χ3v) is 3.58.